The Hall–Kier alpha value is -1.13. The molecule has 2 fully saturated rings. The standard InChI is InChI=1S/C17H27N3O/c21-16-7-11-20(12-8-16)17-5-1-4-15(19-17)13-14-3-2-9-18-10-6-14/h1,4-5,14,16,18,21H,2-3,6-13H2. The molecule has 21 heavy (non-hydrogen) atoms. The van der Waals surface area contributed by atoms with Crippen molar-refractivity contribution >= 4 is 5.82 Å². The summed E-state index contributed by atoms with van der Waals surface area (Å²) in [5.41, 5.74) is 1.23. The van der Waals surface area contributed by atoms with Crippen LogP contribution in [0.5, 0.6) is 0 Å². The molecule has 0 radical (unpaired) electrons. The molecule has 4 nitrogen and oxygen atoms in total. The number of nitrogens with one attached hydrogen (secondary N) is 1. The molecule has 0 amide bonds. The lowest BCUT2D eigenvalue weighted by molar-refractivity contribution is 0.145. The maximum Gasteiger partial charge on any atom is 0.128 e. The zero-order valence-electron chi connectivity index (χ0n) is 12.8. The van der Waals surface area contributed by atoms with Gasteiger partial charge < -0.3 is 15.3 Å². The second kappa shape index (κ2) is 7.23. The molecule has 1 atom stereocenters. The van der Waals surface area contributed by atoms with Gasteiger partial charge in [-0.2, -0.15) is 0 Å². The maximum absolute atomic E-state index is 9.62. The van der Waals surface area contributed by atoms with Crippen LogP contribution >= 0.6 is 0 Å². The van der Waals surface area contributed by atoms with E-state index in [9.17, 15) is 5.11 Å². The first-order chi connectivity index (χ1) is 10.3. The van der Waals surface area contributed by atoms with Crippen LogP contribution in [0.1, 0.15) is 37.8 Å². The van der Waals surface area contributed by atoms with Crippen LogP contribution in [-0.2, 0) is 6.42 Å². The van der Waals surface area contributed by atoms with Crippen LogP contribution in [0.3, 0.4) is 0 Å². The number of hydrogen-bond donors (Lipinski definition) is 2. The smallest absolute Gasteiger partial charge is 0.128 e. The number of nitrogens with zero attached hydrogens (tertiary/aromatic N) is 2. The molecular weight excluding hydrogens is 262 g/mol. The predicted molar refractivity (Wildman–Crippen MR) is 85.6 cm³/mol. The summed E-state index contributed by atoms with van der Waals surface area (Å²) < 4.78 is 0. The molecule has 2 saturated heterocycles. The third kappa shape index (κ3) is 4.17. The first-order valence-electron chi connectivity index (χ1n) is 8.41. The maximum atomic E-state index is 9.62. The van der Waals surface area contributed by atoms with E-state index in [0.717, 1.165) is 50.6 Å². The van der Waals surface area contributed by atoms with Crippen LogP contribution < -0.4 is 10.2 Å². The van der Waals surface area contributed by atoms with Gasteiger partial charge in [0, 0.05) is 18.8 Å². The summed E-state index contributed by atoms with van der Waals surface area (Å²) in [4.78, 5) is 7.18. The minimum absolute atomic E-state index is 0.122. The van der Waals surface area contributed by atoms with Gasteiger partial charge in [0.05, 0.1) is 6.10 Å². The average Bonchev–Trinajstić information content (AvgIpc) is 2.77. The Morgan fingerprint density at radius 1 is 1.14 bits per heavy atom. The molecule has 2 aliphatic heterocycles. The molecule has 3 rings (SSSR count). The second-order valence-corrected chi connectivity index (χ2v) is 6.46. The molecule has 4 heteroatoms. The third-order valence-electron chi connectivity index (χ3n) is 4.77. The van der Waals surface area contributed by atoms with Crippen molar-refractivity contribution in [1.82, 2.24) is 10.3 Å². The summed E-state index contributed by atoms with van der Waals surface area (Å²) in [7, 11) is 0. The highest BCUT2D eigenvalue weighted by molar-refractivity contribution is 5.39. The molecule has 0 spiro atoms. The fraction of sp³-hybridized carbons (Fsp3) is 0.706. The van der Waals surface area contributed by atoms with Crippen molar-refractivity contribution in [3.05, 3.63) is 23.9 Å². The molecule has 1 unspecified atom stereocenters. The Morgan fingerprint density at radius 2 is 2.00 bits per heavy atom. The Balaban J connectivity index is 1.62. The predicted octanol–water partition coefficient (Wildman–Crippen LogP) is 1.97. The minimum Gasteiger partial charge on any atom is -0.393 e. The van der Waals surface area contributed by atoms with E-state index in [4.69, 9.17) is 4.98 Å². The molecule has 3 heterocycles. The van der Waals surface area contributed by atoms with E-state index in [-0.39, 0.29) is 6.10 Å². The molecule has 0 bridgehead atoms. The van der Waals surface area contributed by atoms with E-state index in [0.29, 0.717) is 0 Å². The van der Waals surface area contributed by atoms with E-state index in [2.05, 4.69) is 28.4 Å². The van der Waals surface area contributed by atoms with Crippen molar-refractivity contribution in [2.75, 3.05) is 31.1 Å². The van der Waals surface area contributed by atoms with Gasteiger partial charge in [0.1, 0.15) is 5.82 Å². The third-order valence-corrected chi connectivity index (χ3v) is 4.77. The highest BCUT2D eigenvalue weighted by atomic mass is 16.3. The Labute approximate surface area is 127 Å². The largest absolute Gasteiger partial charge is 0.393 e. The van der Waals surface area contributed by atoms with Gasteiger partial charge in [-0.05, 0) is 69.7 Å². The van der Waals surface area contributed by atoms with E-state index in [1.165, 1.54) is 31.5 Å². The Bertz CT molecular complexity index is 435. The monoisotopic (exact) mass is 289 g/mol. The number of anilines is 1. The lowest BCUT2D eigenvalue weighted by atomic mass is 9.95. The normalized spacial score (nSPS) is 24.8. The van der Waals surface area contributed by atoms with Crippen LogP contribution in [0.2, 0.25) is 0 Å². The number of aromatic nitrogens is 1. The van der Waals surface area contributed by atoms with Gasteiger partial charge in [-0.25, -0.2) is 4.98 Å². The Kier molecular flexibility index (Phi) is 5.09. The quantitative estimate of drug-likeness (QED) is 0.893. The minimum atomic E-state index is -0.122. The zero-order chi connectivity index (χ0) is 14.5. The van der Waals surface area contributed by atoms with E-state index >= 15 is 0 Å². The molecule has 0 aliphatic carbocycles. The number of piperidine rings is 1. The second-order valence-electron chi connectivity index (χ2n) is 6.46. The van der Waals surface area contributed by atoms with E-state index in [1.54, 1.807) is 0 Å². The molecule has 0 aromatic carbocycles. The number of aliphatic hydroxyl groups excluding tert-OH is 1. The van der Waals surface area contributed by atoms with Crippen molar-refractivity contribution in [2.45, 2.75) is 44.6 Å². The molecule has 1 aromatic rings. The van der Waals surface area contributed by atoms with Crippen molar-refractivity contribution in [1.29, 1.82) is 0 Å². The summed E-state index contributed by atoms with van der Waals surface area (Å²) in [6.07, 6.45) is 6.57. The molecule has 1 aromatic heterocycles. The van der Waals surface area contributed by atoms with Crippen molar-refractivity contribution in [3.63, 3.8) is 0 Å². The van der Waals surface area contributed by atoms with Gasteiger partial charge in [-0.3, -0.25) is 0 Å². The average molecular weight is 289 g/mol. The number of aliphatic hydroxyl groups is 1. The molecule has 2 aliphatic rings. The molecule has 0 saturated carbocycles. The SMILES string of the molecule is OC1CCN(c2cccc(CC3CCCNCC3)n2)CC1. The summed E-state index contributed by atoms with van der Waals surface area (Å²) in [5, 5.41) is 13.1. The van der Waals surface area contributed by atoms with Crippen LogP contribution in [0.4, 0.5) is 5.82 Å². The summed E-state index contributed by atoms with van der Waals surface area (Å²) in [6, 6.07) is 6.41. The van der Waals surface area contributed by atoms with Gasteiger partial charge in [-0.1, -0.05) is 6.07 Å². The van der Waals surface area contributed by atoms with Gasteiger partial charge in [0.25, 0.3) is 0 Å². The van der Waals surface area contributed by atoms with E-state index in [1.807, 2.05) is 0 Å². The van der Waals surface area contributed by atoms with E-state index < -0.39 is 0 Å². The zero-order valence-corrected chi connectivity index (χ0v) is 12.8. The molecule has 116 valence electrons. The molecular formula is C17H27N3O. The summed E-state index contributed by atoms with van der Waals surface area (Å²) in [6.45, 7) is 4.16. The van der Waals surface area contributed by atoms with Crippen LogP contribution in [0.25, 0.3) is 0 Å². The van der Waals surface area contributed by atoms with Crippen LogP contribution in [0, 0.1) is 5.92 Å². The molecule has 2 N–H and O–H groups in total. The number of pyridine rings is 1. The Morgan fingerprint density at radius 3 is 2.86 bits per heavy atom. The van der Waals surface area contributed by atoms with Gasteiger partial charge >= 0.3 is 0 Å². The fourth-order valence-corrected chi connectivity index (χ4v) is 3.44. The summed E-state index contributed by atoms with van der Waals surface area (Å²) in [5.74, 6) is 1.86. The summed E-state index contributed by atoms with van der Waals surface area (Å²) >= 11 is 0. The van der Waals surface area contributed by atoms with Crippen LogP contribution in [0.15, 0.2) is 18.2 Å². The van der Waals surface area contributed by atoms with Crippen molar-refractivity contribution in [2.24, 2.45) is 5.92 Å². The van der Waals surface area contributed by atoms with Gasteiger partial charge in [0.2, 0.25) is 0 Å². The first-order valence-corrected chi connectivity index (χ1v) is 8.41. The highest BCUT2D eigenvalue weighted by Crippen LogP contribution is 2.22. The number of hydrogen-bond acceptors (Lipinski definition) is 4. The van der Waals surface area contributed by atoms with Crippen LogP contribution in [-0.4, -0.2) is 42.4 Å². The highest BCUT2D eigenvalue weighted by Gasteiger charge is 2.19. The van der Waals surface area contributed by atoms with Gasteiger partial charge in [0.15, 0.2) is 0 Å². The lowest BCUT2D eigenvalue weighted by Crippen LogP contribution is -2.36. The van der Waals surface area contributed by atoms with Crippen molar-refractivity contribution < 1.29 is 5.11 Å². The first kappa shape index (κ1) is 14.8. The fourth-order valence-electron chi connectivity index (χ4n) is 3.44. The lowest BCUT2D eigenvalue weighted by Gasteiger charge is -2.30. The topological polar surface area (TPSA) is 48.4 Å². The number of rotatable bonds is 3. The van der Waals surface area contributed by atoms with Gasteiger partial charge in [-0.15, -0.1) is 0 Å². The van der Waals surface area contributed by atoms with Crippen molar-refractivity contribution in [3.8, 4) is 0 Å².